The van der Waals surface area contributed by atoms with E-state index in [0.29, 0.717) is 6.42 Å². The minimum atomic E-state index is 0.486. The van der Waals surface area contributed by atoms with Crippen molar-refractivity contribution in [3.8, 4) is 6.07 Å². The molecular weight excluding hydrogens is 232 g/mol. The smallest absolute Gasteiger partial charge is 0.0669 e. The van der Waals surface area contributed by atoms with E-state index < -0.39 is 0 Å². The Hall–Kier alpha value is -2.11. The first-order valence-corrected chi connectivity index (χ1v) is 6.45. The molecule has 0 aliphatic heterocycles. The van der Waals surface area contributed by atoms with Gasteiger partial charge < -0.3 is 0 Å². The van der Waals surface area contributed by atoms with Crippen LogP contribution in [0.25, 0.3) is 0 Å². The van der Waals surface area contributed by atoms with Crippen molar-refractivity contribution in [2.24, 2.45) is 0 Å². The summed E-state index contributed by atoms with van der Waals surface area (Å²) in [5, 5.41) is 8.64. The van der Waals surface area contributed by atoms with E-state index in [9.17, 15) is 0 Å². The maximum atomic E-state index is 8.64. The van der Waals surface area contributed by atoms with Gasteiger partial charge >= 0.3 is 0 Å². The van der Waals surface area contributed by atoms with Gasteiger partial charge in [0, 0.05) is 13.1 Å². The molecular formula is C17H18N2. The highest BCUT2D eigenvalue weighted by Gasteiger charge is 2.01. The molecule has 2 rings (SSSR count). The third kappa shape index (κ3) is 4.24. The van der Waals surface area contributed by atoms with Gasteiger partial charge in [-0.25, -0.2) is 0 Å². The second-order valence-electron chi connectivity index (χ2n) is 4.81. The zero-order valence-corrected chi connectivity index (χ0v) is 11.2. The topological polar surface area (TPSA) is 27.0 Å². The third-order valence-corrected chi connectivity index (χ3v) is 3.05. The quantitative estimate of drug-likeness (QED) is 0.813. The molecule has 0 heterocycles. The molecule has 0 fully saturated rings. The van der Waals surface area contributed by atoms with E-state index in [-0.39, 0.29) is 0 Å². The van der Waals surface area contributed by atoms with Crippen molar-refractivity contribution in [3.63, 3.8) is 0 Å². The minimum absolute atomic E-state index is 0.486. The molecule has 0 aliphatic carbocycles. The normalized spacial score (nSPS) is 10.4. The van der Waals surface area contributed by atoms with Crippen LogP contribution in [0.3, 0.4) is 0 Å². The summed E-state index contributed by atoms with van der Waals surface area (Å²) in [6.07, 6.45) is 0.486. The molecule has 0 atom stereocenters. The van der Waals surface area contributed by atoms with Crippen LogP contribution in [0.15, 0.2) is 54.6 Å². The van der Waals surface area contributed by atoms with Crippen molar-refractivity contribution in [1.29, 1.82) is 5.26 Å². The van der Waals surface area contributed by atoms with Crippen LogP contribution >= 0.6 is 0 Å². The predicted octanol–water partition coefficient (Wildman–Crippen LogP) is 3.38. The molecule has 2 heteroatoms. The third-order valence-electron chi connectivity index (χ3n) is 3.05. The van der Waals surface area contributed by atoms with Crippen LogP contribution in [-0.4, -0.2) is 11.9 Å². The number of hydrogen-bond donors (Lipinski definition) is 0. The lowest BCUT2D eigenvalue weighted by Crippen LogP contribution is -2.17. The van der Waals surface area contributed by atoms with Crippen LogP contribution in [0, 0.1) is 11.3 Å². The minimum Gasteiger partial charge on any atom is -0.298 e. The van der Waals surface area contributed by atoms with Gasteiger partial charge in [0.2, 0.25) is 0 Å². The zero-order chi connectivity index (χ0) is 13.5. The molecule has 0 saturated carbocycles. The SMILES string of the molecule is CN(Cc1ccccc1)Cc1ccc(CC#N)cc1. The Bertz CT molecular complexity index is 538. The summed E-state index contributed by atoms with van der Waals surface area (Å²) >= 11 is 0. The van der Waals surface area contributed by atoms with Gasteiger partial charge in [-0.3, -0.25) is 4.90 Å². The van der Waals surface area contributed by atoms with Crippen molar-refractivity contribution < 1.29 is 0 Å². The summed E-state index contributed by atoms with van der Waals surface area (Å²) in [4.78, 5) is 2.29. The largest absolute Gasteiger partial charge is 0.298 e. The second-order valence-corrected chi connectivity index (χ2v) is 4.81. The van der Waals surface area contributed by atoms with Gasteiger partial charge in [-0.15, -0.1) is 0 Å². The van der Waals surface area contributed by atoms with Crippen LogP contribution in [0.2, 0.25) is 0 Å². The maximum absolute atomic E-state index is 8.64. The highest BCUT2D eigenvalue weighted by molar-refractivity contribution is 5.24. The molecule has 2 aromatic rings. The summed E-state index contributed by atoms with van der Waals surface area (Å²) in [6, 6.07) is 20.9. The van der Waals surface area contributed by atoms with Crippen molar-refractivity contribution >= 4 is 0 Å². The molecule has 0 aromatic heterocycles. The van der Waals surface area contributed by atoms with Gasteiger partial charge in [0.1, 0.15) is 0 Å². The molecule has 0 N–H and O–H groups in total. The van der Waals surface area contributed by atoms with Gasteiger partial charge in [-0.2, -0.15) is 5.26 Å². The van der Waals surface area contributed by atoms with Crippen LogP contribution < -0.4 is 0 Å². The number of benzene rings is 2. The van der Waals surface area contributed by atoms with Gasteiger partial charge in [0.05, 0.1) is 12.5 Å². The monoisotopic (exact) mass is 250 g/mol. The van der Waals surface area contributed by atoms with Gasteiger partial charge in [0.25, 0.3) is 0 Å². The molecule has 2 aromatic carbocycles. The van der Waals surface area contributed by atoms with Crippen molar-refractivity contribution in [2.45, 2.75) is 19.5 Å². The lowest BCUT2D eigenvalue weighted by Gasteiger charge is -2.17. The summed E-state index contributed by atoms with van der Waals surface area (Å²) < 4.78 is 0. The van der Waals surface area contributed by atoms with E-state index in [1.54, 1.807) is 0 Å². The lowest BCUT2D eigenvalue weighted by atomic mass is 10.1. The van der Waals surface area contributed by atoms with Crippen molar-refractivity contribution in [3.05, 3.63) is 71.3 Å². The van der Waals surface area contributed by atoms with E-state index in [0.717, 1.165) is 18.7 Å². The summed E-state index contributed by atoms with van der Waals surface area (Å²) in [6.45, 7) is 1.86. The molecule has 0 spiro atoms. The Balaban J connectivity index is 1.92. The van der Waals surface area contributed by atoms with E-state index >= 15 is 0 Å². The Morgan fingerprint density at radius 3 is 1.95 bits per heavy atom. The average molecular weight is 250 g/mol. The first-order valence-electron chi connectivity index (χ1n) is 6.45. The molecule has 96 valence electrons. The van der Waals surface area contributed by atoms with Crippen LogP contribution in [-0.2, 0) is 19.5 Å². The fraction of sp³-hybridized carbons (Fsp3) is 0.235. The van der Waals surface area contributed by atoms with E-state index in [1.165, 1.54) is 11.1 Å². The zero-order valence-electron chi connectivity index (χ0n) is 11.2. The highest BCUT2D eigenvalue weighted by atomic mass is 15.1. The second kappa shape index (κ2) is 6.72. The molecule has 0 unspecified atom stereocenters. The summed E-state index contributed by atoms with van der Waals surface area (Å²) in [5.74, 6) is 0. The van der Waals surface area contributed by atoms with Gasteiger partial charge in [-0.05, 0) is 23.7 Å². The molecule has 0 bridgehead atoms. The molecule has 19 heavy (non-hydrogen) atoms. The van der Waals surface area contributed by atoms with Crippen molar-refractivity contribution in [2.75, 3.05) is 7.05 Å². The van der Waals surface area contributed by atoms with E-state index in [2.05, 4.69) is 54.4 Å². The van der Waals surface area contributed by atoms with Crippen LogP contribution in [0.4, 0.5) is 0 Å². The van der Waals surface area contributed by atoms with Crippen molar-refractivity contribution in [1.82, 2.24) is 4.90 Å². The average Bonchev–Trinajstić information content (AvgIpc) is 2.42. The van der Waals surface area contributed by atoms with E-state index in [1.807, 2.05) is 18.2 Å². The number of nitrogens with zero attached hydrogens (tertiary/aromatic N) is 2. The molecule has 0 saturated heterocycles. The van der Waals surface area contributed by atoms with Gasteiger partial charge in [0.15, 0.2) is 0 Å². The number of nitriles is 1. The predicted molar refractivity (Wildman–Crippen MR) is 77.4 cm³/mol. The standard InChI is InChI=1S/C17H18N2/c1-19(13-16-5-3-2-4-6-16)14-17-9-7-15(8-10-17)11-12-18/h2-10H,11,13-14H2,1H3. The maximum Gasteiger partial charge on any atom is 0.0669 e. The molecule has 0 amide bonds. The Labute approximate surface area is 114 Å². The Morgan fingerprint density at radius 1 is 0.842 bits per heavy atom. The van der Waals surface area contributed by atoms with Crippen LogP contribution in [0.1, 0.15) is 16.7 Å². The van der Waals surface area contributed by atoms with E-state index in [4.69, 9.17) is 5.26 Å². The Kier molecular flexibility index (Phi) is 4.72. The highest BCUT2D eigenvalue weighted by Crippen LogP contribution is 2.10. The first-order chi connectivity index (χ1) is 9.28. The lowest BCUT2D eigenvalue weighted by molar-refractivity contribution is 0.319. The Morgan fingerprint density at radius 2 is 1.37 bits per heavy atom. The number of rotatable bonds is 5. The van der Waals surface area contributed by atoms with Gasteiger partial charge in [-0.1, -0.05) is 54.6 Å². The molecule has 2 nitrogen and oxygen atoms in total. The fourth-order valence-electron chi connectivity index (χ4n) is 2.12. The molecule has 0 aliphatic rings. The first kappa shape index (κ1) is 13.3. The fourth-order valence-corrected chi connectivity index (χ4v) is 2.12. The summed E-state index contributed by atoms with van der Waals surface area (Å²) in [5.41, 5.74) is 3.68. The number of hydrogen-bond acceptors (Lipinski definition) is 2. The summed E-state index contributed by atoms with van der Waals surface area (Å²) in [7, 11) is 2.12. The van der Waals surface area contributed by atoms with Crippen LogP contribution in [0.5, 0.6) is 0 Å². The molecule has 0 radical (unpaired) electrons.